The Hall–Kier alpha value is -3.55. The van der Waals surface area contributed by atoms with Gasteiger partial charge in [-0.05, 0) is 43.9 Å². The maximum atomic E-state index is 14.6. The molecule has 1 saturated carbocycles. The summed E-state index contributed by atoms with van der Waals surface area (Å²) in [5.41, 5.74) is 1.15. The summed E-state index contributed by atoms with van der Waals surface area (Å²) in [7, 11) is 1.41. The van der Waals surface area contributed by atoms with E-state index in [9.17, 15) is 14.0 Å². The number of hydrogen-bond donors (Lipinski definition) is 1. The third-order valence-corrected chi connectivity index (χ3v) is 5.56. The van der Waals surface area contributed by atoms with Gasteiger partial charge in [-0.2, -0.15) is 0 Å². The molecular weight excluding hydrogens is 399 g/mol. The first kappa shape index (κ1) is 20.7. The molecule has 0 spiro atoms. The summed E-state index contributed by atoms with van der Waals surface area (Å²) in [4.78, 5) is 32.3. The molecule has 2 aromatic heterocycles. The quantitative estimate of drug-likeness (QED) is 0.633. The highest BCUT2D eigenvalue weighted by atomic mass is 19.1. The Balaban J connectivity index is 1.54. The van der Waals surface area contributed by atoms with Gasteiger partial charge in [0.15, 0.2) is 5.82 Å². The van der Waals surface area contributed by atoms with Crippen LogP contribution in [0.15, 0.2) is 59.7 Å². The smallest absolute Gasteiger partial charge is 0.308 e. The summed E-state index contributed by atoms with van der Waals surface area (Å²) in [5.74, 6) is -0.453. The number of aromatic nitrogens is 3. The second-order valence-corrected chi connectivity index (χ2v) is 7.57. The lowest BCUT2D eigenvalue weighted by molar-refractivity contribution is -0.146. The first-order valence-corrected chi connectivity index (χ1v) is 10.2. The molecule has 31 heavy (non-hydrogen) atoms. The normalized spacial score (nSPS) is 18.4. The second-order valence-electron chi connectivity index (χ2n) is 7.57. The fourth-order valence-corrected chi connectivity index (χ4v) is 3.91. The van der Waals surface area contributed by atoms with Gasteiger partial charge in [0, 0.05) is 29.6 Å². The van der Waals surface area contributed by atoms with Crippen LogP contribution in [0.2, 0.25) is 0 Å². The van der Waals surface area contributed by atoms with Crippen LogP contribution < -0.4 is 10.9 Å². The van der Waals surface area contributed by atoms with E-state index >= 15 is 0 Å². The fraction of sp³-hybridized carbons (Fsp3) is 0.304. The predicted octanol–water partition coefficient (Wildman–Crippen LogP) is 3.58. The largest absolute Gasteiger partial charge is 0.469 e. The van der Waals surface area contributed by atoms with Gasteiger partial charge in [-0.1, -0.05) is 18.2 Å². The van der Waals surface area contributed by atoms with Gasteiger partial charge in [0.2, 0.25) is 5.95 Å². The fourth-order valence-electron chi connectivity index (χ4n) is 3.91. The summed E-state index contributed by atoms with van der Waals surface area (Å²) in [5, 5.41) is 3.25. The molecule has 0 amide bonds. The van der Waals surface area contributed by atoms with Crippen LogP contribution in [-0.4, -0.2) is 33.7 Å². The zero-order valence-electron chi connectivity index (χ0n) is 17.1. The molecule has 4 rings (SSSR count). The van der Waals surface area contributed by atoms with Crippen molar-refractivity contribution >= 4 is 11.9 Å². The highest BCUT2D eigenvalue weighted by Crippen LogP contribution is 2.28. The number of esters is 1. The van der Waals surface area contributed by atoms with Gasteiger partial charge in [-0.25, -0.2) is 14.4 Å². The lowest BCUT2D eigenvalue weighted by Crippen LogP contribution is -2.30. The maximum absolute atomic E-state index is 14.6. The third-order valence-electron chi connectivity index (χ3n) is 5.56. The minimum atomic E-state index is -0.544. The van der Waals surface area contributed by atoms with Gasteiger partial charge in [0.1, 0.15) is 5.69 Å². The molecule has 1 aliphatic rings. The molecule has 0 atom stereocenters. The number of hydrogen-bond acceptors (Lipinski definition) is 6. The summed E-state index contributed by atoms with van der Waals surface area (Å²) < 4.78 is 20.9. The van der Waals surface area contributed by atoms with Crippen LogP contribution in [-0.2, 0) is 9.53 Å². The molecule has 8 heteroatoms. The van der Waals surface area contributed by atoms with E-state index in [0.29, 0.717) is 17.2 Å². The van der Waals surface area contributed by atoms with E-state index in [2.05, 4.69) is 15.3 Å². The van der Waals surface area contributed by atoms with Crippen LogP contribution in [0, 0.1) is 11.7 Å². The number of rotatable bonds is 5. The van der Waals surface area contributed by atoms with E-state index in [1.165, 1.54) is 17.7 Å². The van der Waals surface area contributed by atoms with Crippen molar-refractivity contribution in [3.8, 4) is 16.9 Å². The van der Waals surface area contributed by atoms with Crippen molar-refractivity contribution in [3.63, 3.8) is 0 Å². The Labute approximate surface area is 178 Å². The molecule has 0 aliphatic heterocycles. The first-order valence-electron chi connectivity index (χ1n) is 10.2. The number of benzene rings is 1. The number of anilines is 1. The van der Waals surface area contributed by atoms with Crippen molar-refractivity contribution in [2.45, 2.75) is 31.7 Å². The molecule has 1 aromatic carbocycles. The van der Waals surface area contributed by atoms with Crippen molar-refractivity contribution < 1.29 is 13.9 Å². The van der Waals surface area contributed by atoms with Crippen LogP contribution >= 0.6 is 0 Å². The summed E-state index contributed by atoms with van der Waals surface area (Å²) >= 11 is 0. The Morgan fingerprint density at radius 3 is 2.71 bits per heavy atom. The monoisotopic (exact) mass is 422 g/mol. The minimum Gasteiger partial charge on any atom is -0.469 e. The highest BCUT2D eigenvalue weighted by Gasteiger charge is 2.27. The minimum absolute atomic E-state index is 0.0723. The summed E-state index contributed by atoms with van der Waals surface area (Å²) in [6, 6.07) is 12.0. The molecule has 0 saturated heterocycles. The Morgan fingerprint density at radius 1 is 1.16 bits per heavy atom. The predicted molar refractivity (Wildman–Crippen MR) is 114 cm³/mol. The van der Waals surface area contributed by atoms with Crippen molar-refractivity contribution in [1.29, 1.82) is 0 Å². The van der Waals surface area contributed by atoms with Gasteiger partial charge in [0.05, 0.1) is 19.2 Å². The average Bonchev–Trinajstić information content (AvgIpc) is 2.80. The van der Waals surface area contributed by atoms with Gasteiger partial charge in [0.25, 0.3) is 5.56 Å². The van der Waals surface area contributed by atoms with Crippen LogP contribution in [0.25, 0.3) is 16.9 Å². The van der Waals surface area contributed by atoms with Crippen molar-refractivity contribution in [1.82, 2.24) is 14.5 Å². The zero-order valence-corrected chi connectivity index (χ0v) is 17.1. The van der Waals surface area contributed by atoms with Crippen LogP contribution in [0.1, 0.15) is 25.7 Å². The topological polar surface area (TPSA) is 86.1 Å². The Kier molecular flexibility index (Phi) is 6.06. The van der Waals surface area contributed by atoms with Gasteiger partial charge < -0.3 is 10.1 Å². The molecule has 1 N–H and O–H groups in total. The third kappa shape index (κ3) is 4.63. The van der Waals surface area contributed by atoms with Crippen molar-refractivity contribution in [3.05, 3.63) is 71.0 Å². The first-order chi connectivity index (χ1) is 15.0. The van der Waals surface area contributed by atoms with Gasteiger partial charge in [-0.3, -0.25) is 14.2 Å². The number of ether oxygens (including phenoxy) is 1. The molecule has 0 bridgehead atoms. The molecule has 2 heterocycles. The number of nitrogens with one attached hydrogen (secondary N) is 1. The molecule has 3 aromatic rings. The van der Waals surface area contributed by atoms with E-state index in [4.69, 9.17) is 4.74 Å². The van der Waals surface area contributed by atoms with E-state index in [1.807, 2.05) is 0 Å². The standard InChI is InChI=1S/C23H23FN4O3/c1-31-22(30)15-8-10-17(11-9-15)26-23-25-14-19(24)21(27-23)16-5-4-6-18(13-16)28-12-3-2-7-20(28)29/h2-7,12-15,17H,8-11H2,1H3,(H,25,26,27). The van der Waals surface area contributed by atoms with Crippen LogP contribution in [0.3, 0.4) is 0 Å². The number of nitrogens with zero attached hydrogens (tertiary/aromatic N) is 3. The molecule has 0 radical (unpaired) electrons. The molecular formula is C23H23FN4O3. The second kappa shape index (κ2) is 9.07. The Morgan fingerprint density at radius 2 is 1.97 bits per heavy atom. The van der Waals surface area contributed by atoms with E-state index in [0.717, 1.165) is 31.9 Å². The average molecular weight is 422 g/mol. The molecule has 1 aliphatic carbocycles. The van der Waals surface area contributed by atoms with Crippen molar-refractivity contribution in [2.24, 2.45) is 5.92 Å². The molecule has 1 fully saturated rings. The molecule has 7 nitrogen and oxygen atoms in total. The summed E-state index contributed by atoms with van der Waals surface area (Å²) in [6.45, 7) is 0. The number of carbonyl (C=O) groups is 1. The number of halogens is 1. The molecule has 160 valence electrons. The summed E-state index contributed by atoms with van der Waals surface area (Å²) in [6.07, 6.45) is 5.82. The lowest BCUT2D eigenvalue weighted by atomic mass is 9.86. The Bertz CT molecular complexity index is 1140. The molecule has 0 unspecified atom stereocenters. The zero-order chi connectivity index (χ0) is 21.8. The maximum Gasteiger partial charge on any atom is 0.308 e. The van der Waals surface area contributed by atoms with Crippen LogP contribution in [0.5, 0.6) is 0 Å². The van der Waals surface area contributed by atoms with Crippen molar-refractivity contribution in [2.75, 3.05) is 12.4 Å². The lowest BCUT2D eigenvalue weighted by Gasteiger charge is -2.27. The van der Waals surface area contributed by atoms with E-state index in [1.54, 1.807) is 42.6 Å². The highest BCUT2D eigenvalue weighted by molar-refractivity contribution is 5.72. The van der Waals surface area contributed by atoms with Gasteiger partial charge >= 0.3 is 5.97 Å². The van der Waals surface area contributed by atoms with E-state index in [-0.39, 0.29) is 29.2 Å². The van der Waals surface area contributed by atoms with Gasteiger partial charge in [-0.15, -0.1) is 0 Å². The number of methoxy groups -OCH3 is 1. The number of pyridine rings is 1. The SMILES string of the molecule is COC(=O)C1CCC(Nc2ncc(F)c(-c3cccc(-n4ccccc4=O)c3)n2)CC1. The number of carbonyl (C=O) groups excluding carboxylic acids is 1. The van der Waals surface area contributed by atoms with E-state index < -0.39 is 5.82 Å². The van der Waals surface area contributed by atoms with Crippen LogP contribution in [0.4, 0.5) is 10.3 Å².